The van der Waals surface area contributed by atoms with Gasteiger partial charge in [-0.15, -0.1) is 0 Å². The predicted octanol–water partition coefficient (Wildman–Crippen LogP) is 1.68. The predicted molar refractivity (Wildman–Crippen MR) is 63.2 cm³/mol. The quantitative estimate of drug-likeness (QED) is 0.674. The molecule has 1 unspecified atom stereocenters. The van der Waals surface area contributed by atoms with E-state index in [-0.39, 0.29) is 15.9 Å². The number of halogens is 2. The molecule has 1 atom stereocenters. The highest BCUT2D eigenvalue weighted by atomic mass is 35.5. The molecule has 1 aromatic rings. The van der Waals surface area contributed by atoms with Crippen molar-refractivity contribution < 1.29 is 14.3 Å². The molecule has 1 rings (SSSR count). The standard InChI is InChI=1S/C10H10Cl2N2O3/c1-5(10(16)17-2)13-9(15)6-3-7(11)14-8(12)4-6/h3-5H,1-2H3,(H,13,15). The Morgan fingerprint density at radius 1 is 1.35 bits per heavy atom. The molecule has 92 valence electrons. The number of pyridine rings is 1. The zero-order valence-corrected chi connectivity index (χ0v) is 10.7. The first-order chi connectivity index (χ1) is 7.93. The highest BCUT2D eigenvalue weighted by Gasteiger charge is 2.17. The number of nitrogens with zero attached hydrogens (tertiary/aromatic N) is 1. The Balaban J connectivity index is 2.79. The maximum atomic E-state index is 11.7. The molecule has 0 aromatic carbocycles. The van der Waals surface area contributed by atoms with E-state index in [1.54, 1.807) is 0 Å². The second-order valence-corrected chi connectivity index (χ2v) is 3.99. The Morgan fingerprint density at radius 3 is 2.35 bits per heavy atom. The van der Waals surface area contributed by atoms with Crippen molar-refractivity contribution in [2.45, 2.75) is 13.0 Å². The third-order valence-electron chi connectivity index (χ3n) is 1.93. The topological polar surface area (TPSA) is 68.3 Å². The van der Waals surface area contributed by atoms with Gasteiger partial charge in [-0.3, -0.25) is 4.79 Å². The summed E-state index contributed by atoms with van der Waals surface area (Å²) in [4.78, 5) is 26.5. The molecule has 0 spiro atoms. The highest BCUT2D eigenvalue weighted by molar-refractivity contribution is 6.33. The van der Waals surface area contributed by atoms with Gasteiger partial charge in [0.05, 0.1) is 7.11 Å². The molecular formula is C10H10Cl2N2O3. The summed E-state index contributed by atoms with van der Waals surface area (Å²) >= 11 is 11.3. The van der Waals surface area contributed by atoms with Gasteiger partial charge >= 0.3 is 5.97 Å². The largest absolute Gasteiger partial charge is 0.467 e. The average molecular weight is 277 g/mol. The number of hydrogen-bond acceptors (Lipinski definition) is 4. The number of carbonyl (C=O) groups is 2. The van der Waals surface area contributed by atoms with Crippen molar-refractivity contribution in [2.75, 3.05) is 7.11 Å². The number of hydrogen-bond donors (Lipinski definition) is 1. The molecule has 0 bridgehead atoms. The Kier molecular flexibility index (Phi) is 4.72. The molecule has 1 N–H and O–H groups in total. The highest BCUT2D eigenvalue weighted by Crippen LogP contribution is 2.14. The van der Waals surface area contributed by atoms with E-state index in [2.05, 4.69) is 15.0 Å². The molecule has 1 heterocycles. The fourth-order valence-corrected chi connectivity index (χ4v) is 1.57. The SMILES string of the molecule is COC(=O)C(C)NC(=O)c1cc(Cl)nc(Cl)c1. The molecule has 0 radical (unpaired) electrons. The van der Waals surface area contributed by atoms with Gasteiger partial charge in [0.15, 0.2) is 0 Å². The van der Waals surface area contributed by atoms with E-state index in [1.165, 1.54) is 26.2 Å². The zero-order chi connectivity index (χ0) is 13.0. The maximum absolute atomic E-state index is 11.7. The zero-order valence-electron chi connectivity index (χ0n) is 9.16. The van der Waals surface area contributed by atoms with E-state index < -0.39 is 17.9 Å². The summed E-state index contributed by atoms with van der Waals surface area (Å²) < 4.78 is 4.48. The lowest BCUT2D eigenvalue weighted by molar-refractivity contribution is -0.142. The Bertz CT molecular complexity index is 431. The van der Waals surface area contributed by atoms with Gasteiger partial charge < -0.3 is 10.1 Å². The Hall–Kier alpha value is -1.33. The van der Waals surface area contributed by atoms with Crippen LogP contribution in [0.25, 0.3) is 0 Å². The van der Waals surface area contributed by atoms with Crippen LogP contribution in [0.15, 0.2) is 12.1 Å². The maximum Gasteiger partial charge on any atom is 0.328 e. The van der Waals surface area contributed by atoms with Crippen molar-refractivity contribution in [2.24, 2.45) is 0 Å². The fourth-order valence-electron chi connectivity index (χ4n) is 1.11. The second kappa shape index (κ2) is 5.84. The van der Waals surface area contributed by atoms with Crippen molar-refractivity contribution in [1.82, 2.24) is 10.3 Å². The first kappa shape index (κ1) is 13.7. The van der Waals surface area contributed by atoms with Gasteiger partial charge in [0.25, 0.3) is 5.91 Å². The van der Waals surface area contributed by atoms with Crippen LogP contribution >= 0.6 is 23.2 Å². The minimum absolute atomic E-state index is 0.105. The number of nitrogens with one attached hydrogen (secondary N) is 1. The van der Waals surface area contributed by atoms with E-state index in [9.17, 15) is 9.59 Å². The number of aromatic nitrogens is 1. The van der Waals surface area contributed by atoms with Crippen LogP contribution in [0.3, 0.4) is 0 Å². The van der Waals surface area contributed by atoms with Crippen molar-refractivity contribution >= 4 is 35.1 Å². The molecule has 0 saturated heterocycles. The van der Waals surface area contributed by atoms with Crippen molar-refractivity contribution in [3.05, 3.63) is 28.0 Å². The lowest BCUT2D eigenvalue weighted by Crippen LogP contribution is -2.39. The number of esters is 1. The summed E-state index contributed by atoms with van der Waals surface area (Å²) in [6.07, 6.45) is 0. The molecular weight excluding hydrogens is 267 g/mol. The molecule has 1 aromatic heterocycles. The van der Waals surface area contributed by atoms with E-state index in [0.29, 0.717) is 0 Å². The molecule has 17 heavy (non-hydrogen) atoms. The van der Waals surface area contributed by atoms with Crippen LogP contribution in [0, 0.1) is 0 Å². The lowest BCUT2D eigenvalue weighted by atomic mass is 10.2. The smallest absolute Gasteiger partial charge is 0.328 e. The van der Waals surface area contributed by atoms with Gasteiger partial charge in [-0.1, -0.05) is 23.2 Å². The molecule has 0 aliphatic heterocycles. The summed E-state index contributed by atoms with van der Waals surface area (Å²) in [5, 5.41) is 2.65. The summed E-state index contributed by atoms with van der Waals surface area (Å²) in [5.41, 5.74) is 0.228. The van der Waals surface area contributed by atoms with Crippen LogP contribution in [0.1, 0.15) is 17.3 Å². The third kappa shape index (κ3) is 3.87. The van der Waals surface area contributed by atoms with Crippen molar-refractivity contribution in [3.8, 4) is 0 Å². The monoisotopic (exact) mass is 276 g/mol. The molecule has 0 saturated carbocycles. The molecule has 7 heteroatoms. The van der Waals surface area contributed by atoms with Crippen LogP contribution in [-0.4, -0.2) is 30.0 Å². The molecule has 5 nitrogen and oxygen atoms in total. The van der Waals surface area contributed by atoms with E-state index >= 15 is 0 Å². The lowest BCUT2D eigenvalue weighted by Gasteiger charge is -2.11. The van der Waals surface area contributed by atoms with E-state index in [1.807, 2.05) is 0 Å². The summed E-state index contributed by atoms with van der Waals surface area (Å²) in [6.45, 7) is 1.51. The number of carbonyl (C=O) groups excluding carboxylic acids is 2. The van der Waals surface area contributed by atoms with Crippen LogP contribution in [0.5, 0.6) is 0 Å². The van der Waals surface area contributed by atoms with E-state index in [4.69, 9.17) is 23.2 Å². The van der Waals surface area contributed by atoms with Gasteiger partial charge in [-0.05, 0) is 19.1 Å². The second-order valence-electron chi connectivity index (χ2n) is 3.22. The van der Waals surface area contributed by atoms with Crippen LogP contribution in [0.4, 0.5) is 0 Å². The summed E-state index contributed by atoms with van der Waals surface area (Å²) in [6, 6.07) is 1.96. The van der Waals surface area contributed by atoms with Crippen molar-refractivity contribution in [1.29, 1.82) is 0 Å². The minimum Gasteiger partial charge on any atom is -0.467 e. The fraction of sp³-hybridized carbons (Fsp3) is 0.300. The summed E-state index contributed by atoms with van der Waals surface area (Å²) in [5.74, 6) is -1.02. The van der Waals surface area contributed by atoms with Gasteiger partial charge in [0.2, 0.25) is 0 Å². The van der Waals surface area contributed by atoms with Gasteiger partial charge in [-0.25, -0.2) is 9.78 Å². The van der Waals surface area contributed by atoms with Gasteiger partial charge in [0.1, 0.15) is 16.3 Å². The normalized spacial score (nSPS) is 11.8. The summed E-state index contributed by atoms with van der Waals surface area (Å²) in [7, 11) is 1.24. The van der Waals surface area contributed by atoms with Crippen LogP contribution in [-0.2, 0) is 9.53 Å². The third-order valence-corrected chi connectivity index (χ3v) is 2.31. The number of amides is 1. The van der Waals surface area contributed by atoms with Crippen LogP contribution < -0.4 is 5.32 Å². The Labute approximate surface area is 108 Å². The van der Waals surface area contributed by atoms with Gasteiger partial charge in [-0.2, -0.15) is 0 Å². The average Bonchev–Trinajstić information content (AvgIpc) is 2.26. The van der Waals surface area contributed by atoms with Gasteiger partial charge in [0, 0.05) is 5.56 Å². The van der Waals surface area contributed by atoms with Crippen LogP contribution in [0.2, 0.25) is 10.3 Å². The van der Waals surface area contributed by atoms with Crippen molar-refractivity contribution in [3.63, 3.8) is 0 Å². The molecule has 1 amide bonds. The number of rotatable bonds is 3. The number of ether oxygens (including phenoxy) is 1. The molecule has 0 aliphatic rings. The number of methoxy groups -OCH3 is 1. The first-order valence-corrected chi connectivity index (χ1v) is 5.41. The van der Waals surface area contributed by atoms with E-state index in [0.717, 1.165) is 0 Å². The minimum atomic E-state index is -0.752. The Morgan fingerprint density at radius 2 is 1.88 bits per heavy atom. The first-order valence-electron chi connectivity index (χ1n) is 4.66. The molecule has 0 fully saturated rings. The molecule has 0 aliphatic carbocycles.